The van der Waals surface area contributed by atoms with E-state index in [2.05, 4.69) is 28.1 Å². The van der Waals surface area contributed by atoms with Gasteiger partial charge in [-0.2, -0.15) is 0 Å². The van der Waals surface area contributed by atoms with Gasteiger partial charge in [-0.05, 0) is 68.9 Å². The van der Waals surface area contributed by atoms with Crippen molar-refractivity contribution >= 4 is 5.91 Å². The zero-order valence-corrected chi connectivity index (χ0v) is 15.7. The maximum absolute atomic E-state index is 12.8. The van der Waals surface area contributed by atoms with E-state index in [1.54, 1.807) is 6.20 Å². The minimum Gasteiger partial charge on any atom is -0.491 e. The van der Waals surface area contributed by atoms with Crippen molar-refractivity contribution in [2.24, 2.45) is 0 Å². The van der Waals surface area contributed by atoms with Gasteiger partial charge in [-0.25, -0.2) is 0 Å². The van der Waals surface area contributed by atoms with E-state index < -0.39 is 0 Å². The van der Waals surface area contributed by atoms with Crippen molar-refractivity contribution in [1.29, 1.82) is 0 Å². The Morgan fingerprint density at radius 1 is 1.23 bits per heavy atom. The summed E-state index contributed by atoms with van der Waals surface area (Å²) in [6.45, 7) is 4.88. The lowest BCUT2D eigenvalue weighted by atomic mass is 9.95. The molecule has 0 spiro atoms. The first-order valence-electron chi connectivity index (χ1n) is 9.58. The Balaban J connectivity index is 1.59. The van der Waals surface area contributed by atoms with Crippen molar-refractivity contribution in [3.63, 3.8) is 0 Å². The molecule has 2 heterocycles. The second-order valence-electron chi connectivity index (χ2n) is 7.20. The van der Waals surface area contributed by atoms with Gasteiger partial charge in [0.2, 0.25) is 5.91 Å². The van der Waals surface area contributed by atoms with Crippen molar-refractivity contribution in [3.8, 4) is 5.75 Å². The number of nitrogens with zero attached hydrogens (tertiary/aromatic N) is 2. The molecule has 0 N–H and O–H groups in total. The second kappa shape index (κ2) is 8.84. The Hall–Kier alpha value is -2.36. The van der Waals surface area contributed by atoms with Crippen LogP contribution in [0.5, 0.6) is 5.75 Å². The fourth-order valence-corrected chi connectivity index (χ4v) is 3.55. The molecule has 3 rings (SSSR count). The Labute approximate surface area is 156 Å². The molecule has 0 unspecified atom stereocenters. The summed E-state index contributed by atoms with van der Waals surface area (Å²) in [5.74, 6) is 1.11. The first-order valence-corrected chi connectivity index (χ1v) is 9.58. The van der Waals surface area contributed by atoms with E-state index in [0.29, 0.717) is 6.42 Å². The lowest BCUT2D eigenvalue weighted by molar-refractivity contribution is -0.135. The number of benzene rings is 1. The molecule has 1 aliphatic heterocycles. The molecule has 26 heavy (non-hydrogen) atoms. The molecule has 1 fully saturated rings. The highest BCUT2D eigenvalue weighted by Gasteiger charge is 2.27. The SMILES string of the molecule is CC(C)Oc1ccc(CCC(=O)N2CCCC[C@H]2c2cccnc2)cc1. The van der Waals surface area contributed by atoms with Crippen molar-refractivity contribution in [2.45, 2.75) is 58.1 Å². The molecular weight excluding hydrogens is 324 g/mol. The van der Waals surface area contributed by atoms with Gasteiger partial charge in [0.1, 0.15) is 5.75 Å². The summed E-state index contributed by atoms with van der Waals surface area (Å²) in [5, 5.41) is 0. The van der Waals surface area contributed by atoms with Gasteiger partial charge in [-0.1, -0.05) is 18.2 Å². The third kappa shape index (κ3) is 4.84. The molecule has 1 aromatic carbocycles. The topological polar surface area (TPSA) is 42.4 Å². The molecule has 1 saturated heterocycles. The number of amides is 1. The number of hydrogen-bond acceptors (Lipinski definition) is 3. The predicted molar refractivity (Wildman–Crippen MR) is 103 cm³/mol. The molecule has 4 nitrogen and oxygen atoms in total. The van der Waals surface area contributed by atoms with E-state index in [-0.39, 0.29) is 18.1 Å². The molecule has 1 atom stereocenters. The minimum absolute atomic E-state index is 0.172. The summed E-state index contributed by atoms with van der Waals surface area (Å²) in [6.07, 6.45) is 8.43. The van der Waals surface area contributed by atoms with Crippen LogP contribution in [0.25, 0.3) is 0 Å². The molecule has 138 valence electrons. The van der Waals surface area contributed by atoms with Crippen LogP contribution in [-0.2, 0) is 11.2 Å². The predicted octanol–water partition coefficient (Wildman–Crippen LogP) is 4.56. The zero-order chi connectivity index (χ0) is 18.4. The van der Waals surface area contributed by atoms with E-state index in [1.807, 2.05) is 38.2 Å². The summed E-state index contributed by atoms with van der Waals surface area (Å²) in [7, 11) is 0. The van der Waals surface area contributed by atoms with Gasteiger partial charge in [0.05, 0.1) is 12.1 Å². The lowest BCUT2D eigenvalue weighted by Crippen LogP contribution is -2.38. The van der Waals surface area contributed by atoms with Crippen LogP contribution in [0.4, 0.5) is 0 Å². The largest absolute Gasteiger partial charge is 0.491 e. The lowest BCUT2D eigenvalue weighted by Gasteiger charge is -2.36. The molecule has 0 saturated carbocycles. The van der Waals surface area contributed by atoms with Crippen LogP contribution in [0.1, 0.15) is 56.7 Å². The monoisotopic (exact) mass is 352 g/mol. The van der Waals surface area contributed by atoms with Gasteiger partial charge in [0.15, 0.2) is 0 Å². The number of pyridine rings is 1. The normalized spacial score (nSPS) is 17.3. The van der Waals surface area contributed by atoms with Gasteiger partial charge < -0.3 is 9.64 Å². The first kappa shape index (κ1) is 18.4. The number of aryl methyl sites for hydroxylation is 1. The smallest absolute Gasteiger partial charge is 0.223 e. The van der Waals surface area contributed by atoms with Crippen LogP contribution < -0.4 is 4.74 Å². The van der Waals surface area contributed by atoms with Gasteiger partial charge in [0, 0.05) is 25.4 Å². The average molecular weight is 352 g/mol. The minimum atomic E-state index is 0.172. The summed E-state index contributed by atoms with van der Waals surface area (Å²) >= 11 is 0. The fourth-order valence-electron chi connectivity index (χ4n) is 3.55. The highest BCUT2D eigenvalue weighted by atomic mass is 16.5. The van der Waals surface area contributed by atoms with Gasteiger partial charge in [-0.15, -0.1) is 0 Å². The fraction of sp³-hybridized carbons (Fsp3) is 0.455. The first-order chi connectivity index (χ1) is 12.6. The molecule has 0 aliphatic carbocycles. The van der Waals surface area contributed by atoms with Gasteiger partial charge >= 0.3 is 0 Å². The van der Waals surface area contributed by atoms with E-state index >= 15 is 0 Å². The molecule has 0 radical (unpaired) electrons. The van der Waals surface area contributed by atoms with E-state index in [9.17, 15) is 4.79 Å². The van der Waals surface area contributed by atoms with E-state index in [1.165, 1.54) is 12.0 Å². The molecular formula is C22H28N2O2. The van der Waals surface area contributed by atoms with Crippen LogP contribution in [0, 0.1) is 0 Å². The Kier molecular flexibility index (Phi) is 6.26. The second-order valence-corrected chi connectivity index (χ2v) is 7.20. The van der Waals surface area contributed by atoms with E-state index in [4.69, 9.17) is 4.74 Å². The molecule has 1 amide bonds. The Morgan fingerprint density at radius 2 is 2.04 bits per heavy atom. The zero-order valence-electron chi connectivity index (χ0n) is 15.7. The number of piperidine rings is 1. The van der Waals surface area contributed by atoms with Crippen LogP contribution >= 0.6 is 0 Å². The third-order valence-corrected chi connectivity index (χ3v) is 4.82. The van der Waals surface area contributed by atoms with Gasteiger partial charge in [0.25, 0.3) is 0 Å². The summed E-state index contributed by atoms with van der Waals surface area (Å²) in [6, 6.07) is 12.3. The number of aromatic nitrogens is 1. The molecule has 4 heteroatoms. The number of rotatable bonds is 6. The van der Waals surface area contributed by atoms with Crippen molar-refractivity contribution < 1.29 is 9.53 Å². The van der Waals surface area contributed by atoms with Crippen LogP contribution in [0.15, 0.2) is 48.8 Å². The number of ether oxygens (including phenoxy) is 1. The Morgan fingerprint density at radius 3 is 2.73 bits per heavy atom. The van der Waals surface area contributed by atoms with Crippen LogP contribution in [-0.4, -0.2) is 28.4 Å². The maximum Gasteiger partial charge on any atom is 0.223 e. The van der Waals surface area contributed by atoms with Crippen molar-refractivity contribution in [3.05, 3.63) is 59.9 Å². The molecule has 2 aromatic rings. The number of carbonyl (C=O) groups is 1. The highest BCUT2D eigenvalue weighted by molar-refractivity contribution is 5.77. The standard InChI is InChI=1S/C22H28N2O2/c1-17(2)26-20-11-8-18(9-12-20)10-13-22(25)24-15-4-3-7-21(24)19-6-5-14-23-16-19/h5-6,8-9,11-12,14,16-17,21H,3-4,7,10,13,15H2,1-2H3/t21-/m0/s1. The summed E-state index contributed by atoms with van der Waals surface area (Å²) < 4.78 is 5.67. The van der Waals surface area contributed by atoms with Crippen molar-refractivity contribution in [1.82, 2.24) is 9.88 Å². The molecule has 1 aliphatic rings. The average Bonchev–Trinajstić information content (AvgIpc) is 2.67. The van der Waals surface area contributed by atoms with Crippen LogP contribution in [0.2, 0.25) is 0 Å². The third-order valence-electron chi connectivity index (χ3n) is 4.82. The van der Waals surface area contributed by atoms with Crippen LogP contribution in [0.3, 0.4) is 0 Å². The number of likely N-dealkylation sites (tertiary alicyclic amines) is 1. The van der Waals surface area contributed by atoms with Gasteiger partial charge in [-0.3, -0.25) is 9.78 Å². The Bertz CT molecular complexity index is 698. The number of carbonyl (C=O) groups excluding carboxylic acids is 1. The maximum atomic E-state index is 12.8. The molecule has 0 bridgehead atoms. The molecule has 1 aromatic heterocycles. The summed E-state index contributed by atoms with van der Waals surface area (Å²) in [5.41, 5.74) is 2.32. The summed E-state index contributed by atoms with van der Waals surface area (Å²) in [4.78, 5) is 19.1. The quantitative estimate of drug-likeness (QED) is 0.765. The highest BCUT2D eigenvalue weighted by Crippen LogP contribution is 2.31. The van der Waals surface area contributed by atoms with Crippen molar-refractivity contribution in [2.75, 3.05) is 6.54 Å². The van der Waals surface area contributed by atoms with E-state index in [0.717, 1.165) is 37.1 Å². The number of hydrogen-bond donors (Lipinski definition) is 0.